The van der Waals surface area contributed by atoms with E-state index in [9.17, 15) is 5.11 Å². The average molecular weight is 128 g/mol. The van der Waals surface area contributed by atoms with Crippen LogP contribution < -0.4 is 5.32 Å². The highest BCUT2D eigenvalue weighted by atomic mass is 28.1. The fraction of sp³-hybridized carbons (Fsp3) is 1.00. The van der Waals surface area contributed by atoms with Crippen molar-refractivity contribution in [2.75, 3.05) is 13.1 Å². The van der Waals surface area contributed by atoms with Crippen LogP contribution in [-0.2, 0) is 0 Å². The number of hydrogen-bond donors (Lipinski definition) is 2. The highest BCUT2D eigenvalue weighted by Crippen LogP contribution is 2.11. The van der Waals surface area contributed by atoms with Gasteiger partial charge in [-0.25, -0.2) is 0 Å². The van der Waals surface area contributed by atoms with Crippen LogP contribution in [0.4, 0.5) is 0 Å². The van der Waals surface area contributed by atoms with Crippen LogP contribution >= 0.6 is 0 Å². The number of hydrogen-bond acceptors (Lipinski definition) is 2. The number of aliphatic hydroxyl groups is 1. The Morgan fingerprint density at radius 3 is 2.12 bits per heavy atom. The van der Waals surface area contributed by atoms with E-state index in [0.29, 0.717) is 0 Å². The molecule has 0 unspecified atom stereocenters. The molecule has 0 aromatic rings. The maximum absolute atomic E-state index is 9.25. The van der Waals surface area contributed by atoms with Crippen LogP contribution in [0.15, 0.2) is 0 Å². The van der Waals surface area contributed by atoms with Gasteiger partial charge in [-0.05, 0) is 25.9 Å². The molecule has 1 fully saturated rings. The Hall–Kier alpha value is 0.137. The summed E-state index contributed by atoms with van der Waals surface area (Å²) in [7, 11) is 3.26. The summed E-state index contributed by atoms with van der Waals surface area (Å²) in [4.78, 5) is 0. The van der Waals surface area contributed by atoms with Crippen molar-refractivity contribution < 1.29 is 5.11 Å². The van der Waals surface area contributed by atoms with Gasteiger partial charge in [-0.15, -0.1) is 0 Å². The van der Waals surface area contributed by atoms with Crippen molar-refractivity contribution in [3.05, 3.63) is 0 Å². The second-order valence-corrected chi connectivity index (χ2v) is 3.21. The summed E-state index contributed by atoms with van der Waals surface area (Å²) in [5.74, 6) is 0. The quantitative estimate of drug-likeness (QED) is 0.420. The lowest BCUT2D eigenvalue weighted by molar-refractivity contribution is 0.0928. The third kappa shape index (κ3) is 1.58. The zero-order chi connectivity index (χ0) is 6.04. The van der Waals surface area contributed by atoms with Crippen molar-refractivity contribution >= 4 is 10.2 Å². The van der Waals surface area contributed by atoms with Crippen LogP contribution in [0.2, 0.25) is 0 Å². The van der Waals surface area contributed by atoms with Gasteiger partial charge in [-0.2, -0.15) is 0 Å². The molecule has 1 rings (SSSR count). The summed E-state index contributed by atoms with van der Waals surface area (Å²) in [5, 5.41) is 11.8. The summed E-state index contributed by atoms with van der Waals surface area (Å²) in [5.41, 5.74) is 0. The molecule has 0 saturated carbocycles. The van der Waals surface area contributed by atoms with Gasteiger partial charge in [0.25, 0.3) is 0 Å². The molecular formula is C5H10NOSi. The molecule has 0 spiro atoms. The zero-order valence-corrected chi connectivity index (χ0v) is 5.78. The fourth-order valence-corrected chi connectivity index (χ4v) is 1.09. The van der Waals surface area contributed by atoms with E-state index in [2.05, 4.69) is 15.6 Å². The maximum atomic E-state index is 9.25. The van der Waals surface area contributed by atoms with E-state index in [4.69, 9.17) is 0 Å². The maximum Gasteiger partial charge on any atom is 0.0702 e. The summed E-state index contributed by atoms with van der Waals surface area (Å²) in [6, 6.07) is 0. The molecule has 0 aromatic carbocycles. The largest absolute Gasteiger partial charge is 0.394 e. The lowest BCUT2D eigenvalue weighted by Crippen LogP contribution is -2.42. The van der Waals surface area contributed by atoms with E-state index < -0.39 is 5.22 Å². The van der Waals surface area contributed by atoms with Crippen LogP contribution in [0.3, 0.4) is 0 Å². The first kappa shape index (κ1) is 6.26. The van der Waals surface area contributed by atoms with Gasteiger partial charge in [-0.1, -0.05) is 0 Å². The fourth-order valence-electron chi connectivity index (χ4n) is 0.840. The van der Waals surface area contributed by atoms with Gasteiger partial charge in [0.15, 0.2) is 0 Å². The van der Waals surface area contributed by atoms with Crippen LogP contribution in [-0.4, -0.2) is 33.7 Å². The van der Waals surface area contributed by atoms with E-state index >= 15 is 0 Å². The molecule has 1 aliphatic rings. The molecule has 3 heteroatoms. The van der Waals surface area contributed by atoms with Crippen molar-refractivity contribution in [1.29, 1.82) is 0 Å². The Kier molecular flexibility index (Phi) is 1.70. The molecule has 0 amide bonds. The first-order chi connectivity index (χ1) is 3.71. The highest BCUT2D eigenvalue weighted by Gasteiger charge is 2.22. The standard InChI is InChI=1S/C5H10NOSi/c7-5(8)1-3-6-4-2-5/h6-7H,1-4H2. The topological polar surface area (TPSA) is 32.3 Å². The summed E-state index contributed by atoms with van der Waals surface area (Å²) in [6.07, 6.45) is 1.62. The molecule has 1 saturated heterocycles. The average Bonchev–Trinajstić information content (AvgIpc) is 1.65. The van der Waals surface area contributed by atoms with Gasteiger partial charge in [0.1, 0.15) is 0 Å². The van der Waals surface area contributed by atoms with Gasteiger partial charge < -0.3 is 10.4 Å². The molecule has 3 radical (unpaired) electrons. The third-order valence-electron chi connectivity index (χ3n) is 1.43. The first-order valence-corrected chi connectivity index (χ1v) is 3.39. The van der Waals surface area contributed by atoms with Crippen molar-refractivity contribution in [3.63, 3.8) is 0 Å². The van der Waals surface area contributed by atoms with E-state index in [1.807, 2.05) is 0 Å². The van der Waals surface area contributed by atoms with Gasteiger partial charge in [0.2, 0.25) is 0 Å². The minimum atomic E-state index is -0.578. The monoisotopic (exact) mass is 128 g/mol. The zero-order valence-electron chi connectivity index (χ0n) is 4.78. The van der Waals surface area contributed by atoms with Crippen molar-refractivity contribution in [2.24, 2.45) is 0 Å². The molecule has 1 aliphatic heterocycles. The third-order valence-corrected chi connectivity index (χ3v) is 1.93. The van der Waals surface area contributed by atoms with Crippen LogP contribution in [0.5, 0.6) is 0 Å². The second-order valence-electron chi connectivity index (χ2n) is 2.28. The Balaban J connectivity index is 2.33. The van der Waals surface area contributed by atoms with Crippen LogP contribution in [0.1, 0.15) is 12.8 Å². The molecule has 8 heavy (non-hydrogen) atoms. The molecule has 2 nitrogen and oxygen atoms in total. The van der Waals surface area contributed by atoms with E-state index in [1.165, 1.54) is 0 Å². The predicted molar refractivity (Wildman–Crippen MR) is 32.8 cm³/mol. The summed E-state index contributed by atoms with van der Waals surface area (Å²) in [6.45, 7) is 1.83. The predicted octanol–water partition coefficient (Wildman–Crippen LogP) is -0.773. The molecule has 0 atom stereocenters. The van der Waals surface area contributed by atoms with E-state index in [-0.39, 0.29) is 0 Å². The van der Waals surface area contributed by atoms with Crippen molar-refractivity contribution in [3.8, 4) is 0 Å². The van der Waals surface area contributed by atoms with Crippen molar-refractivity contribution in [2.45, 2.75) is 18.1 Å². The van der Waals surface area contributed by atoms with Gasteiger partial charge in [0, 0.05) is 0 Å². The Bertz CT molecular complexity index is 76.5. The van der Waals surface area contributed by atoms with E-state index in [1.54, 1.807) is 0 Å². The second kappa shape index (κ2) is 2.17. The number of rotatable bonds is 0. The van der Waals surface area contributed by atoms with Crippen LogP contribution in [0, 0.1) is 0 Å². The van der Waals surface area contributed by atoms with E-state index in [0.717, 1.165) is 25.9 Å². The molecule has 45 valence electrons. The van der Waals surface area contributed by atoms with Crippen LogP contribution in [0.25, 0.3) is 0 Å². The molecular weight excluding hydrogens is 118 g/mol. The minimum Gasteiger partial charge on any atom is -0.394 e. The lowest BCUT2D eigenvalue weighted by atomic mass is 10.1. The molecule has 0 bridgehead atoms. The Labute approximate surface area is 52.7 Å². The molecule has 2 N–H and O–H groups in total. The van der Waals surface area contributed by atoms with Gasteiger partial charge in [-0.3, -0.25) is 0 Å². The Morgan fingerprint density at radius 1 is 1.38 bits per heavy atom. The number of nitrogens with one attached hydrogen (secondary N) is 1. The highest BCUT2D eigenvalue weighted by molar-refractivity contribution is 6.14. The van der Waals surface area contributed by atoms with Crippen molar-refractivity contribution in [1.82, 2.24) is 5.32 Å². The first-order valence-electron chi connectivity index (χ1n) is 2.89. The summed E-state index contributed by atoms with van der Waals surface area (Å²) < 4.78 is 0. The molecule has 1 heterocycles. The molecule has 0 aromatic heterocycles. The molecule has 0 aliphatic carbocycles. The minimum absolute atomic E-state index is 0.578. The Morgan fingerprint density at radius 2 is 1.88 bits per heavy atom. The smallest absolute Gasteiger partial charge is 0.0702 e. The summed E-state index contributed by atoms with van der Waals surface area (Å²) >= 11 is 0. The lowest BCUT2D eigenvalue weighted by Gasteiger charge is -2.27. The van der Waals surface area contributed by atoms with Gasteiger partial charge >= 0.3 is 0 Å². The normalized spacial score (nSPS) is 27.8. The SMILES string of the molecule is OC1([Si])CCNCC1. The number of piperidine rings is 1. The van der Waals surface area contributed by atoms with Gasteiger partial charge in [0.05, 0.1) is 15.5 Å².